The van der Waals surface area contributed by atoms with Crippen LogP contribution < -0.4 is 10.4 Å². The SMILES string of the molecule is CC1(C)O[C@H]2O[C@H](COC(c3ccccc3)(c3ccccc3)c3ccccc3)[C@H](O[Si](c3ccccc3)(c3ccccc3)C(C)(C)C)[C@H]2O1. The van der Waals surface area contributed by atoms with E-state index in [1.807, 2.05) is 32.0 Å². The van der Waals surface area contributed by atoms with Gasteiger partial charge in [0.05, 0.1) is 6.61 Å². The Morgan fingerprint density at radius 2 is 1.00 bits per heavy atom. The molecule has 2 aliphatic rings. The van der Waals surface area contributed by atoms with Gasteiger partial charge in [0.1, 0.15) is 23.9 Å². The summed E-state index contributed by atoms with van der Waals surface area (Å²) in [5.74, 6) is -0.809. The van der Waals surface area contributed by atoms with E-state index in [-0.39, 0.29) is 11.6 Å². The monoisotopic (exact) mass is 670 g/mol. The first-order valence-electron chi connectivity index (χ1n) is 17.2. The molecule has 49 heavy (non-hydrogen) atoms. The molecule has 0 spiro atoms. The van der Waals surface area contributed by atoms with Crippen molar-refractivity contribution >= 4 is 18.7 Å². The van der Waals surface area contributed by atoms with Gasteiger partial charge in [0.2, 0.25) is 0 Å². The van der Waals surface area contributed by atoms with Crippen LogP contribution in [-0.2, 0) is 29.0 Å². The Morgan fingerprint density at radius 3 is 1.41 bits per heavy atom. The Balaban J connectivity index is 1.34. The molecule has 0 bridgehead atoms. The van der Waals surface area contributed by atoms with Gasteiger partial charge in [-0.25, -0.2) is 0 Å². The van der Waals surface area contributed by atoms with Crippen molar-refractivity contribution in [1.29, 1.82) is 0 Å². The molecule has 2 aliphatic heterocycles. The molecule has 0 aliphatic carbocycles. The van der Waals surface area contributed by atoms with Crippen LogP contribution in [0.1, 0.15) is 51.3 Å². The van der Waals surface area contributed by atoms with Gasteiger partial charge < -0.3 is 23.4 Å². The lowest BCUT2D eigenvalue weighted by Gasteiger charge is -2.46. The zero-order valence-corrected chi connectivity index (χ0v) is 30.0. The van der Waals surface area contributed by atoms with Gasteiger partial charge in [0.15, 0.2) is 12.1 Å². The van der Waals surface area contributed by atoms with Crippen LogP contribution in [0.5, 0.6) is 0 Å². The molecule has 6 heteroatoms. The lowest BCUT2D eigenvalue weighted by atomic mass is 9.80. The quantitative estimate of drug-likeness (QED) is 0.112. The van der Waals surface area contributed by atoms with E-state index in [0.717, 1.165) is 16.7 Å². The Bertz CT molecular complexity index is 1660. The van der Waals surface area contributed by atoms with Gasteiger partial charge >= 0.3 is 0 Å². The van der Waals surface area contributed by atoms with Gasteiger partial charge in [-0.2, -0.15) is 0 Å². The summed E-state index contributed by atoms with van der Waals surface area (Å²) >= 11 is 0. The summed E-state index contributed by atoms with van der Waals surface area (Å²) in [7, 11) is -3.00. The van der Waals surface area contributed by atoms with Gasteiger partial charge in [0.25, 0.3) is 8.32 Å². The second-order valence-electron chi connectivity index (χ2n) is 14.5. The summed E-state index contributed by atoms with van der Waals surface area (Å²) < 4.78 is 34.9. The summed E-state index contributed by atoms with van der Waals surface area (Å²) in [6.07, 6.45) is -1.99. The minimum atomic E-state index is -3.00. The molecule has 2 heterocycles. The number of fused-ring (bicyclic) bond motifs is 1. The first-order valence-corrected chi connectivity index (χ1v) is 19.2. The maximum atomic E-state index is 7.77. The van der Waals surface area contributed by atoms with Crippen LogP contribution in [0.4, 0.5) is 0 Å². The number of hydrogen-bond acceptors (Lipinski definition) is 5. The molecule has 2 fully saturated rings. The Labute approximate surface area is 291 Å². The van der Waals surface area contributed by atoms with E-state index in [2.05, 4.69) is 154 Å². The molecule has 0 saturated carbocycles. The maximum absolute atomic E-state index is 7.77. The molecule has 0 amide bonds. The lowest BCUT2D eigenvalue weighted by Crippen LogP contribution is -2.69. The molecule has 5 aromatic rings. The Morgan fingerprint density at radius 1 is 0.592 bits per heavy atom. The van der Waals surface area contributed by atoms with Crippen LogP contribution in [0.3, 0.4) is 0 Å². The van der Waals surface area contributed by atoms with Gasteiger partial charge in [-0.3, -0.25) is 0 Å². The van der Waals surface area contributed by atoms with Crippen molar-refractivity contribution in [2.75, 3.05) is 6.61 Å². The summed E-state index contributed by atoms with van der Waals surface area (Å²) in [5.41, 5.74) is 2.18. The highest BCUT2D eigenvalue weighted by Gasteiger charge is 2.61. The minimum absolute atomic E-state index is 0.238. The molecule has 0 unspecified atom stereocenters. The lowest BCUT2D eigenvalue weighted by molar-refractivity contribution is -0.221. The second-order valence-corrected chi connectivity index (χ2v) is 18.7. The molecule has 0 aromatic heterocycles. The zero-order chi connectivity index (χ0) is 34.1. The van der Waals surface area contributed by atoms with Crippen molar-refractivity contribution in [1.82, 2.24) is 0 Å². The van der Waals surface area contributed by atoms with Crippen LogP contribution in [0.15, 0.2) is 152 Å². The van der Waals surface area contributed by atoms with E-state index < -0.39 is 44.3 Å². The van der Waals surface area contributed by atoms with Crippen LogP contribution in [-0.4, -0.2) is 45.3 Å². The van der Waals surface area contributed by atoms with Gasteiger partial charge in [0, 0.05) is 0 Å². The third-order valence-electron chi connectivity index (χ3n) is 9.82. The second kappa shape index (κ2) is 13.4. The van der Waals surface area contributed by atoms with Gasteiger partial charge in [-0.05, 0) is 45.9 Å². The summed E-state index contributed by atoms with van der Waals surface area (Å²) in [4.78, 5) is 0. The van der Waals surface area contributed by atoms with Crippen molar-refractivity contribution in [2.45, 2.75) is 75.6 Å². The average Bonchev–Trinajstić information content (AvgIpc) is 3.59. The third-order valence-corrected chi connectivity index (χ3v) is 14.9. The summed E-state index contributed by atoms with van der Waals surface area (Å²) in [6.45, 7) is 11.0. The Hall–Kier alpha value is -3.88. The van der Waals surface area contributed by atoms with E-state index in [9.17, 15) is 0 Å². The highest BCUT2D eigenvalue weighted by Crippen LogP contribution is 2.46. The third kappa shape index (κ3) is 6.23. The molecular weight excluding hydrogens is 625 g/mol. The highest BCUT2D eigenvalue weighted by atomic mass is 28.4. The van der Waals surface area contributed by atoms with Crippen LogP contribution in [0.2, 0.25) is 5.04 Å². The Kier molecular flexibility index (Phi) is 9.22. The number of benzene rings is 5. The first kappa shape index (κ1) is 33.6. The van der Waals surface area contributed by atoms with Crippen LogP contribution >= 0.6 is 0 Å². The number of ether oxygens (including phenoxy) is 4. The fourth-order valence-electron chi connectivity index (χ4n) is 7.69. The topological polar surface area (TPSA) is 46.2 Å². The van der Waals surface area contributed by atoms with E-state index >= 15 is 0 Å². The molecule has 252 valence electrons. The smallest absolute Gasteiger partial charge is 0.261 e. The predicted octanol–water partition coefficient (Wildman–Crippen LogP) is 7.82. The van der Waals surface area contributed by atoms with Crippen molar-refractivity contribution in [3.63, 3.8) is 0 Å². The number of rotatable bonds is 10. The zero-order valence-electron chi connectivity index (χ0n) is 29.0. The normalized spacial score (nSPS) is 22.1. The van der Waals surface area contributed by atoms with Crippen molar-refractivity contribution in [3.8, 4) is 0 Å². The van der Waals surface area contributed by atoms with Crippen molar-refractivity contribution < 1.29 is 23.4 Å². The van der Waals surface area contributed by atoms with Crippen molar-refractivity contribution in [2.24, 2.45) is 0 Å². The average molecular weight is 671 g/mol. The molecular formula is C43H46O5Si. The summed E-state index contributed by atoms with van der Waals surface area (Å²) in [5, 5.41) is 2.15. The fourth-order valence-corrected chi connectivity index (χ4v) is 12.4. The van der Waals surface area contributed by atoms with Gasteiger partial charge in [-0.1, -0.05) is 172 Å². The predicted molar refractivity (Wildman–Crippen MR) is 196 cm³/mol. The summed E-state index contributed by atoms with van der Waals surface area (Å²) in [6, 6.07) is 52.7. The number of hydrogen-bond donors (Lipinski definition) is 0. The van der Waals surface area contributed by atoms with Crippen molar-refractivity contribution in [3.05, 3.63) is 168 Å². The van der Waals surface area contributed by atoms with Crippen LogP contribution in [0, 0.1) is 0 Å². The molecule has 5 aromatic carbocycles. The van der Waals surface area contributed by atoms with E-state index in [1.54, 1.807) is 0 Å². The minimum Gasteiger partial charge on any atom is -0.399 e. The van der Waals surface area contributed by atoms with E-state index in [4.69, 9.17) is 23.4 Å². The van der Waals surface area contributed by atoms with Crippen LogP contribution in [0.25, 0.3) is 0 Å². The standard InChI is InChI=1S/C43H46O5Si/c1-41(2,3)49(35-27-17-9-18-28-35,36-29-19-10-20-30-36)48-38-37(45-40-39(38)46-42(4,5)47-40)31-44-43(32-21-11-6-12-22-32,33-23-13-7-14-24-33)34-25-15-8-16-26-34/h6-30,37-40H,31H2,1-5H3/t37-,38+,39-,40-/m1/s1. The molecule has 0 N–H and O–H groups in total. The first-order chi connectivity index (χ1) is 23.6. The largest absolute Gasteiger partial charge is 0.399 e. The molecule has 2 saturated heterocycles. The molecule has 0 radical (unpaired) electrons. The highest BCUT2D eigenvalue weighted by molar-refractivity contribution is 6.99. The molecule has 7 rings (SSSR count). The fraction of sp³-hybridized carbons (Fsp3) is 0.302. The van der Waals surface area contributed by atoms with E-state index in [1.165, 1.54) is 10.4 Å². The molecule has 5 nitrogen and oxygen atoms in total. The molecule has 4 atom stereocenters. The van der Waals surface area contributed by atoms with Gasteiger partial charge in [-0.15, -0.1) is 0 Å². The maximum Gasteiger partial charge on any atom is 0.261 e. The van der Waals surface area contributed by atoms with E-state index in [0.29, 0.717) is 0 Å².